The van der Waals surface area contributed by atoms with Crippen LogP contribution < -0.4 is 31.9 Å². The summed E-state index contributed by atoms with van der Waals surface area (Å²) in [4.78, 5) is 49.7. The zero-order chi connectivity index (χ0) is 32.4. The number of carbonyl (C=O) groups is 2. The topological polar surface area (TPSA) is 136 Å². The van der Waals surface area contributed by atoms with E-state index in [1.165, 1.54) is 27.3 Å². The fourth-order valence-electron chi connectivity index (χ4n) is 5.64. The molecule has 2 heterocycles. The van der Waals surface area contributed by atoms with Gasteiger partial charge in [-0.05, 0) is 78.3 Å². The van der Waals surface area contributed by atoms with E-state index in [-0.39, 0.29) is 18.5 Å². The molecule has 12 heteroatoms. The standard InChI is InChI=1S/C33H35FN6O5/c1-18-21(20-15-25(34)24(28(16-20)45-5)17-36-27-13-8-14-35-30(27)41)9-6-10-22(18)23-11-7-12-26(19(23)2)37-31(42)29-32(43)39(3)33(44)40(4)38-29/h6-7,9-12,15-16,27,36H,8,13-14,17H2,1-5H3,(H,35,41)(H,37,42)/t27-/m0/s1. The summed E-state index contributed by atoms with van der Waals surface area (Å²) in [6.07, 6.45) is 1.55. The van der Waals surface area contributed by atoms with Gasteiger partial charge in [0.1, 0.15) is 11.6 Å². The molecule has 0 radical (unpaired) electrons. The van der Waals surface area contributed by atoms with Crippen molar-refractivity contribution in [2.24, 2.45) is 14.1 Å². The second-order valence-corrected chi connectivity index (χ2v) is 11.0. The van der Waals surface area contributed by atoms with E-state index in [9.17, 15) is 19.2 Å². The number of aromatic nitrogens is 3. The highest BCUT2D eigenvalue weighted by Gasteiger charge is 2.23. The summed E-state index contributed by atoms with van der Waals surface area (Å²) in [6, 6.07) is 14.0. The first kappa shape index (κ1) is 31.3. The van der Waals surface area contributed by atoms with Crippen LogP contribution in [0.25, 0.3) is 22.3 Å². The predicted octanol–water partition coefficient (Wildman–Crippen LogP) is 3.20. The van der Waals surface area contributed by atoms with E-state index in [2.05, 4.69) is 21.0 Å². The van der Waals surface area contributed by atoms with E-state index < -0.39 is 28.7 Å². The normalized spacial score (nSPS) is 14.6. The first-order chi connectivity index (χ1) is 21.5. The number of carbonyl (C=O) groups excluding carboxylic acids is 2. The molecule has 0 unspecified atom stereocenters. The number of nitrogens with one attached hydrogen (secondary N) is 3. The Morgan fingerprint density at radius 3 is 2.44 bits per heavy atom. The van der Waals surface area contributed by atoms with Crippen LogP contribution >= 0.6 is 0 Å². The number of hydrogen-bond acceptors (Lipinski definition) is 7. The van der Waals surface area contributed by atoms with Crippen LogP contribution in [-0.4, -0.2) is 45.9 Å². The number of methoxy groups -OCH3 is 1. The van der Waals surface area contributed by atoms with Gasteiger partial charge in [0.15, 0.2) is 0 Å². The zero-order valence-electron chi connectivity index (χ0n) is 25.8. The minimum Gasteiger partial charge on any atom is -0.496 e. The maximum Gasteiger partial charge on any atom is 0.346 e. The first-order valence-corrected chi connectivity index (χ1v) is 14.5. The Labute approximate surface area is 259 Å². The second-order valence-electron chi connectivity index (χ2n) is 11.0. The van der Waals surface area contributed by atoms with Crippen LogP contribution in [0, 0.1) is 19.7 Å². The van der Waals surface area contributed by atoms with Crippen LogP contribution in [0.15, 0.2) is 58.1 Å². The molecule has 0 aliphatic carbocycles. The summed E-state index contributed by atoms with van der Waals surface area (Å²) in [5, 5.41) is 12.6. The molecule has 45 heavy (non-hydrogen) atoms. The second kappa shape index (κ2) is 12.9. The van der Waals surface area contributed by atoms with E-state index in [1.807, 2.05) is 38.1 Å². The van der Waals surface area contributed by atoms with Crippen molar-refractivity contribution >= 4 is 17.5 Å². The van der Waals surface area contributed by atoms with Crippen LogP contribution in [0.4, 0.5) is 10.1 Å². The number of piperidine rings is 1. The van der Waals surface area contributed by atoms with E-state index in [4.69, 9.17) is 4.74 Å². The lowest BCUT2D eigenvalue weighted by Crippen LogP contribution is -2.48. The molecule has 3 N–H and O–H groups in total. The number of nitrogens with zero attached hydrogens (tertiary/aromatic N) is 3. The fraction of sp³-hybridized carbons (Fsp3) is 0.303. The van der Waals surface area contributed by atoms with Gasteiger partial charge in [0.05, 0.1) is 13.2 Å². The van der Waals surface area contributed by atoms with Crippen molar-refractivity contribution in [1.29, 1.82) is 0 Å². The first-order valence-electron chi connectivity index (χ1n) is 14.5. The third-order valence-corrected chi connectivity index (χ3v) is 8.24. The third-order valence-electron chi connectivity index (χ3n) is 8.24. The molecule has 1 aliphatic heterocycles. The molecule has 1 fully saturated rings. The molecule has 0 saturated carbocycles. The summed E-state index contributed by atoms with van der Waals surface area (Å²) in [6.45, 7) is 4.58. The van der Waals surface area contributed by atoms with E-state index in [0.717, 1.165) is 43.5 Å². The summed E-state index contributed by atoms with van der Waals surface area (Å²) >= 11 is 0. The van der Waals surface area contributed by atoms with Gasteiger partial charge in [0.25, 0.3) is 11.5 Å². The Kier molecular flexibility index (Phi) is 8.96. The molecule has 1 aliphatic rings. The molecule has 3 aromatic carbocycles. The molecule has 2 amide bonds. The molecule has 1 saturated heterocycles. The van der Waals surface area contributed by atoms with Crippen molar-refractivity contribution < 1.29 is 18.7 Å². The molecular formula is C33H35FN6O5. The number of aryl methyl sites for hydroxylation is 1. The predicted molar refractivity (Wildman–Crippen MR) is 169 cm³/mol. The van der Waals surface area contributed by atoms with Crippen molar-refractivity contribution in [2.75, 3.05) is 19.0 Å². The van der Waals surface area contributed by atoms with Gasteiger partial charge in [-0.2, -0.15) is 5.10 Å². The molecule has 11 nitrogen and oxygen atoms in total. The van der Waals surface area contributed by atoms with E-state index in [1.54, 1.807) is 18.2 Å². The zero-order valence-corrected chi connectivity index (χ0v) is 25.8. The highest BCUT2D eigenvalue weighted by atomic mass is 19.1. The van der Waals surface area contributed by atoms with Gasteiger partial charge in [-0.3, -0.25) is 19.0 Å². The lowest BCUT2D eigenvalue weighted by atomic mass is 9.90. The Morgan fingerprint density at radius 2 is 1.73 bits per heavy atom. The fourth-order valence-corrected chi connectivity index (χ4v) is 5.64. The number of benzene rings is 3. The molecular weight excluding hydrogens is 579 g/mol. The van der Waals surface area contributed by atoms with E-state index in [0.29, 0.717) is 35.5 Å². The number of rotatable bonds is 8. The number of anilines is 1. The molecule has 1 aromatic heterocycles. The highest BCUT2D eigenvalue weighted by molar-refractivity contribution is 6.03. The van der Waals surface area contributed by atoms with Crippen LogP contribution in [0.1, 0.15) is 40.0 Å². The van der Waals surface area contributed by atoms with Gasteiger partial charge in [0.2, 0.25) is 11.6 Å². The van der Waals surface area contributed by atoms with Crippen molar-refractivity contribution in [2.45, 2.75) is 39.3 Å². The molecule has 234 valence electrons. The van der Waals surface area contributed by atoms with Crippen molar-refractivity contribution in [3.05, 3.63) is 97.6 Å². The van der Waals surface area contributed by atoms with Gasteiger partial charge in [-0.15, -0.1) is 0 Å². The van der Waals surface area contributed by atoms with Crippen molar-refractivity contribution in [3.63, 3.8) is 0 Å². The number of ether oxygens (including phenoxy) is 1. The molecule has 1 atom stereocenters. The number of halogens is 1. The van der Waals surface area contributed by atoms with E-state index >= 15 is 4.39 Å². The Bertz CT molecular complexity index is 1930. The minimum absolute atomic E-state index is 0.0865. The van der Waals surface area contributed by atoms with Crippen LogP contribution in [0.3, 0.4) is 0 Å². The summed E-state index contributed by atoms with van der Waals surface area (Å²) in [5.41, 5.74) is 3.71. The van der Waals surface area contributed by atoms with Crippen LogP contribution in [0.2, 0.25) is 0 Å². The molecule has 4 aromatic rings. The van der Waals surface area contributed by atoms with Gasteiger partial charge in [-0.1, -0.05) is 30.3 Å². The van der Waals surface area contributed by atoms with Crippen molar-refractivity contribution in [3.8, 4) is 28.0 Å². The molecule has 0 spiro atoms. The minimum atomic E-state index is -0.795. The SMILES string of the molecule is COc1cc(-c2cccc(-c3cccc(NC(=O)c4nn(C)c(=O)n(C)c4=O)c3C)c2C)cc(F)c1CN[C@H]1CCCNC1=O. The van der Waals surface area contributed by atoms with Gasteiger partial charge < -0.3 is 20.7 Å². The lowest BCUT2D eigenvalue weighted by molar-refractivity contribution is -0.124. The number of hydrogen-bond donors (Lipinski definition) is 3. The lowest BCUT2D eigenvalue weighted by Gasteiger charge is -2.23. The molecule has 5 rings (SSSR count). The Balaban J connectivity index is 1.45. The highest BCUT2D eigenvalue weighted by Crippen LogP contribution is 2.37. The molecule has 0 bridgehead atoms. The van der Waals surface area contributed by atoms with Gasteiger partial charge in [0, 0.05) is 38.4 Å². The van der Waals surface area contributed by atoms with Gasteiger partial charge in [-0.25, -0.2) is 13.9 Å². The summed E-state index contributed by atoms with van der Waals surface area (Å²) in [5.74, 6) is -0.899. The summed E-state index contributed by atoms with van der Waals surface area (Å²) < 4.78 is 22.9. The summed E-state index contributed by atoms with van der Waals surface area (Å²) in [7, 11) is 4.14. The Morgan fingerprint density at radius 1 is 1.04 bits per heavy atom. The smallest absolute Gasteiger partial charge is 0.346 e. The largest absolute Gasteiger partial charge is 0.496 e. The average Bonchev–Trinajstić information content (AvgIpc) is 3.02. The van der Waals surface area contributed by atoms with Crippen LogP contribution in [-0.2, 0) is 25.4 Å². The number of amides is 2. The maximum atomic E-state index is 15.6. The maximum absolute atomic E-state index is 15.6. The van der Waals surface area contributed by atoms with Gasteiger partial charge >= 0.3 is 5.69 Å². The van der Waals surface area contributed by atoms with Crippen LogP contribution in [0.5, 0.6) is 5.75 Å². The monoisotopic (exact) mass is 614 g/mol. The quantitative estimate of drug-likeness (QED) is 0.277. The van der Waals surface area contributed by atoms with Crippen molar-refractivity contribution in [1.82, 2.24) is 25.0 Å². The third kappa shape index (κ3) is 6.14. The Hall–Kier alpha value is -5.10. The average molecular weight is 615 g/mol.